The lowest BCUT2D eigenvalue weighted by Gasteiger charge is -2.12. The third-order valence-electron chi connectivity index (χ3n) is 1.37. The monoisotopic (exact) mass is 167 g/mol. The molecule has 4 heteroatoms. The van der Waals surface area contributed by atoms with Gasteiger partial charge < -0.3 is 10.2 Å². The predicted molar refractivity (Wildman–Crippen MR) is 42.1 cm³/mol. The quantitative estimate of drug-likeness (QED) is 0.408. The zero-order chi connectivity index (χ0) is 9.19. The summed E-state index contributed by atoms with van der Waals surface area (Å²) >= 11 is 0. The molecule has 0 radical (unpaired) electrons. The Balaban J connectivity index is 2.94. The van der Waals surface area contributed by atoms with Crippen molar-refractivity contribution in [2.24, 2.45) is 5.73 Å². The molecule has 0 unspecified atom stereocenters. The van der Waals surface area contributed by atoms with Crippen LogP contribution >= 0.6 is 0 Å². The Kier molecular flexibility index (Phi) is 2.23. The van der Waals surface area contributed by atoms with E-state index >= 15 is 0 Å². The standard InChI is InChI=1S/C8H9NO3/c9-8(11,12)7(10)6-4-2-1-3-5-6/h1-5,11-12H,9H2. The van der Waals surface area contributed by atoms with E-state index < -0.39 is 11.7 Å². The summed E-state index contributed by atoms with van der Waals surface area (Å²) in [6, 6.07) is 7.84. The van der Waals surface area contributed by atoms with Gasteiger partial charge >= 0.3 is 0 Å². The van der Waals surface area contributed by atoms with E-state index in [2.05, 4.69) is 0 Å². The highest BCUT2D eigenvalue weighted by molar-refractivity contribution is 6.00. The van der Waals surface area contributed by atoms with Gasteiger partial charge in [-0.1, -0.05) is 30.3 Å². The number of Topliss-reactive ketones (excluding diaryl/α,β-unsaturated/α-hetero) is 1. The third-order valence-corrected chi connectivity index (χ3v) is 1.37. The van der Waals surface area contributed by atoms with Crippen molar-refractivity contribution in [3.8, 4) is 0 Å². The van der Waals surface area contributed by atoms with Gasteiger partial charge in [-0.3, -0.25) is 10.5 Å². The fourth-order valence-electron chi connectivity index (χ4n) is 0.802. The first kappa shape index (κ1) is 8.86. The number of ketones is 1. The van der Waals surface area contributed by atoms with Crippen molar-refractivity contribution < 1.29 is 15.0 Å². The maximum absolute atomic E-state index is 11.0. The van der Waals surface area contributed by atoms with E-state index in [0.29, 0.717) is 0 Å². The van der Waals surface area contributed by atoms with E-state index in [-0.39, 0.29) is 5.56 Å². The number of nitrogens with two attached hydrogens (primary N) is 1. The Morgan fingerprint density at radius 2 is 1.75 bits per heavy atom. The Hall–Kier alpha value is -1.23. The van der Waals surface area contributed by atoms with Gasteiger partial charge in [0.15, 0.2) is 0 Å². The van der Waals surface area contributed by atoms with E-state index in [9.17, 15) is 4.79 Å². The number of aliphatic hydroxyl groups is 2. The van der Waals surface area contributed by atoms with E-state index in [0.717, 1.165) is 0 Å². The number of benzene rings is 1. The van der Waals surface area contributed by atoms with Gasteiger partial charge in [0.1, 0.15) is 0 Å². The van der Waals surface area contributed by atoms with Crippen LogP contribution in [0.25, 0.3) is 0 Å². The lowest BCUT2D eigenvalue weighted by molar-refractivity contribution is -0.116. The van der Waals surface area contributed by atoms with Crippen molar-refractivity contribution in [3.63, 3.8) is 0 Å². The molecule has 0 saturated heterocycles. The molecule has 0 bridgehead atoms. The van der Waals surface area contributed by atoms with Gasteiger partial charge in [0, 0.05) is 5.56 Å². The van der Waals surface area contributed by atoms with Crippen LogP contribution in [-0.4, -0.2) is 21.9 Å². The molecule has 4 N–H and O–H groups in total. The average molecular weight is 167 g/mol. The van der Waals surface area contributed by atoms with Crippen LogP contribution in [0.4, 0.5) is 0 Å². The first-order valence-corrected chi connectivity index (χ1v) is 3.35. The van der Waals surface area contributed by atoms with Crippen LogP contribution in [0.3, 0.4) is 0 Å². The van der Waals surface area contributed by atoms with E-state index in [1.54, 1.807) is 18.2 Å². The second-order valence-corrected chi connectivity index (χ2v) is 2.42. The molecule has 0 heterocycles. The zero-order valence-electron chi connectivity index (χ0n) is 6.27. The van der Waals surface area contributed by atoms with Crippen molar-refractivity contribution in [2.45, 2.75) is 5.91 Å². The van der Waals surface area contributed by atoms with E-state index in [4.69, 9.17) is 15.9 Å². The predicted octanol–water partition coefficient (Wildman–Crippen LogP) is -0.534. The summed E-state index contributed by atoms with van der Waals surface area (Å²) < 4.78 is 0. The number of hydrogen-bond donors (Lipinski definition) is 3. The lowest BCUT2D eigenvalue weighted by Crippen LogP contribution is -2.47. The average Bonchev–Trinajstić information content (AvgIpc) is 2.03. The Morgan fingerprint density at radius 1 is 1.25 bits per heavy atom. The summed E-state index contributed by atoms with van der Waals surface area (Å²) in [7, 11) is 0. The van der Waals surface area contributed by atoms with Gasteiger partial charge in [-0.25, -0.2) is 0 Å². The SMILES string of the molecule is NC(O)(O)C(=O)c1ccccc1. The smallest absolute Gasteiger partial charge is 0.287 e. The largest absolute Gasteiger partial charge is 0.347 e. The highest BCUT2D eigenvalue weighted by Gasteiger charge is 2.28. The number of rotatable bonds is 2. The Labute approximate surface area is 69.3 Å². The topological polar surface area (TPSA) is 83.6 Å². The fraction of sp³-hybridized carbons (Fsp3) is 0.125. The second-order valence-electron chi connectivity index (χ2n) is 2.42. The van der Waals surface area contributed by atoms with Crippen molar-refractivity contribution in [1.29, 1.82) is 0 Å². The highest BCUT2D eigenvalue weighted by Crippen LogP contribution is 2.05. The minimum Gasteiger partial charge on any atom is -0.347 e. The van der Waals surface area contributed by atoms with Gasteiger partial charge in [0.2, 0.25) is 5.78 Å². The van der Waals surface area contributed by atoms with E-state index in [1.165, 1.54) is 12.1 Å². The minimum absolute atomic E-state index is 0.171. The van der Waals surface area contributed by atoms with Crippen molar-refractivity contribution >= 4 is 5.78 Å². The van der Waals surface area contributed by atoms with Gasteiger partial charge in [0.25, 0.3) is 5.91 Å². The van der Waals surface area contributed by atoms with Crippen molar-refractivity contribution in [3.05, 3.63) is 35.9 Å². The first-order valence-electron chi connectivity index (χ1n) is 3.35. The summed E-state index contributed by atoms with van der Waals surface area (Å²) in [4.78, 5) is 11.0. The molecule has 0 aliphatic carbocycles. The summed E-state index contributed by atoms with van der Waals surface area (Å²) in [5.41, 5.74) is 4.94. The van der Waals surface area contributed by atoms with Crippen molar-refractivity contribution in [2.75, 3.05) is 0 Å². The third kappa shape index (κ3) is 1.88. The Morgan fingerprint density at radius 3 is 2.17 bits per heavy atom. The molecule has 4 nitrogen and oxygen atoms in total. The molecule has 0 aliphatic heterocycles. The molecular formula is C8H9NO3. The first-order chi connectivity index (χ1) is 5.52. The van der Waals surface area contributed by atoms with Crippen molar-refractivity contribution in [1.82, 2.24) is 0 Å². The molecule has 1 aromatic carbocycles. The fourth-order valence-corrected chi connectivity index (χ4v) is 0.802. The van der Waals surface area contributed by atoms with Crippen LogP contribution in [0.15, 0.2) is 30.3 Å². The molecule has 0 fully saturated rings. The molecule has 64 valence electrons. The number of hydrogen-bond acceptors (Lipinski definition) is 4. The molecule has 0 aromatic heterocycles. The van der Waals surface area contributed by atoms with Gasteiger partial charge in [-0.15, -0.1) is 0 Å². The van der Waals surface area contributed by atoms with Crippen LogP contribution in [0.1, 0.15) is 10.4 Å². The second kappa shape index (κ2) is 3.02. The van der Waals surface area contributed by atoms with E-state index in [1.807, 2.05) is 0 Å². The minimum atomic E-state index is -2.78. The van der Waals surface area contributed by atoms with Gasteiger partial charge in [0.05, 0.1) is 0 Å². The van der Waals surface area contributed by atoms with Crippen LogP contribution < -0.4 is 5.73 Å². The zero-order valence-corrected chi connectivity index (χ0v) is 6.27. The molecule has 1 aromatic rings. The van der Waals surface area contributed by atoms with Crippen LogP contribution in [-0.2, 0) is 0 Å². The van der Waals surface area contributed by atoms with Crippen LogP contribution in [0, 0.1) is 0 Å². The molecular weight excluding hydrogens is 158 g/mol. The highest BCUT2D eigenvalue weighted by atomic mass is 16.5. The molecule has 1 rings (SSSR count). The maximum atomic E-state index is 11.0. The molecule has 0 spiro atoms. The summed E-state index contributed by atoms with van der Waals surface area (Å²) in [5.74, 6) is -3.69. The number of carbonyl (C=O) groups excluding carboxylic acids is 1. The normalized spacial score (nSPS) is 11.2. The summed E-state index contributed by atoms with van der Waals surface area (Å²) in [6.07, 6.45) is 0. The molecule has 12 heavy (non-hydrogen) atoms. The molecule has 0 saturated carbocycles. The van der Waals surface area contributed by atoms with Crippen LogP contribution in [0.5, 0.6) is 0 Å². The molecule has 0 amide bonds. The van der Waals surface area contributed by atoms with Gasteiger partial charge in [-0.2, -0.15) is 0 Å². The number of carbonyl (C=O) groups is 1. The van der Waals surface area contributed by atoms with Gasteiger partial charge in [-0.05, 0) is 0 Å². The molecule has 0 aliphatic rings. The lowest BCUT2D eigenvalue weighted by atomic mass is 10.1. The summed E-state index contributed by atoms with van der Waals surface area (Å²) in [6.45, 7) is 0. The molecule has 0 atom stereocenters. The van der Waals surface area contributed by atoms with Crippen LogP contribution in [0.2, 0.25) is 0 Å². The Bertz CT molecular complexity index is 276. The summed E-state index contributed by atoms with van der Waals surface area (Å²) in [5, 5.41) is 17.4. The maximum Gasteiger partial charge on any atom is 0.287 e.